The number of nitrogens with zero attached hydrogens (tertiary/aromatic N) is 3. The fourth-order valence-electron chi connectivity index (χ4n) is 2.61. The van der Waals surface area contributed by atoms with Crippen molar-refractivity contribution in [2.75, 3.05) is 0 Å². The van der Waals surface area contributed by atoms with Crippen molar-refractivity contribution >= 4 is 10.9 Å². The summed E-state index contributed by atoms with van der Waals surface area (Å²) in [5, 5.41) is 14.7. The van der Waals surface area contributed by atoms with Gasteiger partial charge in [0.25, 0.3) is 0 Å². The van der Waals surface area contributed by atoms with Crippen molar-refractivity contribution in [2.24, 2.45) is 0 Å². The molecule has 0 aliphatic carbocycles. The van der Waals surface area contributed by atoms with Crippen molar-refractivity contribution in [1.29, 1.82) is 0 Å². The van der Waals surface area contributed by atoms with Crippen molar-refractivity contribution in [2.45, 2.75) is 6.61 Å². The molecule has 2 aromatic carbocycles. The molecule has 0 bridgehead atoms. The number of aliphatic hydroxyl groups excluding tert-OH is 1. The fourth-order valence-corrected chi connectivity index (χ4v) is 2.61. The number of benzene rings is 2. The van der Waals surface area contributed by atoms with Crippen LogP contribution in [0.4, 0.5) is 4.39 Å². The van der Waals surface area contributed by atoms with Crippen LogP contribution >= 0.6 is 0 Å². The number of pyridine rings is 1. The summed E-state index contributed by atoms with van der Waals surface area (Å²) < 4.78 is 14.7. The second kappa shape index (κ2) is 5.86. The molecule has 24 heavy (non-hydrogen) atoms. The molecule has 0 aliphatic rings. The minimum atomic E-state index is -0.274. The normalized spacial score (nSPS) is 11.1. The maximum absolute atomic E-state index is 13.0. The Morgan fingerprint density at radius 1 is 0.917 bits per heavy atom. The molecule has 0 amide bonds. The van der Waals surface area contributed by atoms with E-state index in [1.165, 1.54) is 12.1 Å². The predicted octanol–water partition coefficient (Wildman–Crippen LogP) is 3.72. The summed E-state index contributed by atoms with van der Waals surface area (Å²) in [4.78, 5) is 4.62. The van der Waals surface area contributed by atoms with Crippen LogP contribution in [0.3, 0.4) is 0 Å². The van der Waals surface area contributed by atoms with Gasteiger partial charge in [-0.2, -0.15) is 5.10 Å². The number of hydrogen-bond acceptors (Lipinski definition) is 3. The molecular formula is C19H14FN3O. The molecule has 0 atom stereocenters. The van der Waals surface area contributed by atoms with E-state index in [1.54, 1.807) is 16.8 Å². The number of aromatic nitrogens is 3. The van der Waals surface area contributed by atoms with Gasteiger partial charge in [-0.3, -0.25) is 0 Å². The van der Waals surface area contributed by atoms with Crippen molar-refractivity contribution < 1.29 is 9.50 Å². The van der Waals surface area contributed by atoms with Gasteiger partial charge in [-0.05, 0) is 54.1 Å². The molecule has 0 aliphatic heterocycles. The highest BCUT2D eigenvalue weighted by molar-refractivity contribution is 5.81. The average molecular weight is 319 g/mol. The summed E-state index contributed by atoms with van der Waals surface area (Å²) in [5.41, 5.74) is 4.00. The number of hydrogen-bond donors (Lipinski definition) is 1. The Balaban J connectivity index is 1.71. The molecule has 1 N–H and O–H groups in total. The van der Waals surface area contributed by atoms with Crippen LogP contribution in [0.25, 0.3) is 28.0 Å². The highest BCUT2D eigenvalue weighted by Crippen LogP contribution is 2.21. The summed E-state index contributed by atoms with van der Waals surface area (Å²) in [5.74, 6) is -0.274. The topological polar surface area (TPSA) is 50.9 Å². The van der Waals surface area contributed by atoms with Crippen LogP contribution in [0, 0.1) is 5.82 Å². The lowest BCUT2D eigenvalue weighted by atomic mass is 10.1. The van der Waals surface area contributed by atoms with Crippen LogP contribution in [0.2, 0.25) is 0 Å². The molecule has 4 nitrogen and oxygen atoms in total. The number of fused-ring (bicyclic) bond motifs is 1. The summed E-state index contributed by atoms with van der Waals surface area (Å²) >= 11 is 0. The average Bonchev–Trinajstić information content (AvgIpc) is 3.11. The third-order valence-corrected chi connectivity index (χ3v) is 3.88. The van der Waals surface area contributed by atoms with Crippen LogP contribution in [-0.2, 0) is 6.61 Å². The van der Waals surface area contributed by atoms with Crippen LogP contribution in [0.15, 0.2) is 66.9 Å². The minimum absolute atomic E-state index is 0.0137. The molecule has 4 aromatic rings. The van der Waals surface area contributed by atoms with Crippen LogP contribution in [0.1, 0.15) is 5.56 Å². The van der Waals surface area contributed by atoms with Gasteiger partial charge in [-0.25, -0.2) is 14.1 Å². The van der Waals surface area contributed by atoms with E-state index in [1.807, 2.05) is 42.6 Å². The van der Waals surface area contributed by atoms with Gasteiger partial charge in [-0.15, -0.1) is 0 Å². The summed E-state index contributed by atoms with van der Waals surface area (Å²) in [6.07, 6.45) is 1.82. The van der Waals surface area contributed by atoms with E-state index in [4.69, 9.17) is 0 Å². The Morgan fingerprint density at radius 3 is 2.54 bits per heavy atom. The lowest BCUT2D eigenvalue weighted by Gasteiger charge is -2.03. The Kier molecular flexibility index (Phi) is 3.55. The zero-order valence-corrected chi connectivity index (χ0v) is 12.7. The third kappa shape index (κ3) is 2.66. The Bertz CT molecular complexity index is 1010. The van der Waals surface area contributed by atoms with E-state index in [0.29, 0.717) is 0 Å². The van der Waals surface area contributed by atoms with Gasteiger partial charge in [0.05, 0.1) is 23.5 Å². The Morgan fingerprint density at radius 2 is 1.75 bits per heavy atom. The van der Waals surface area contributed by atoms with E-state index in [2.05, 4.69) is 10.1 Å². The van der Waals surface area contributed by atoms with Crippen LogP contribution in [0.5, 0.6) is 0 Å². The van der Waals surface area contributed by atoms with Gasteiger partial charge in [0.15, 0.2) is 0 Å². The quantitative estimate of drug-likeness (QED) is 0.626. The molecule has 118 valence electrons. The van der Waals surface area contributed by atoms with Gasteiger partial charge in [0.1, 0.15) is 11.5 Å². The molecule has 0 saturated carbocycles. The zero-order valence-electron chi connectivity index (χ0n) is 12.7. The van der Waals surface area contributed by atoms with Gasteiger partial charge in [0, 0.05) is 11.6 Å². The van der Waals surface area contributed by atoms with Crippen molar-refractivity contribution in [3.8, 4) is 17.1 Å². The first kappa shape index (κ1) is 14.5. The molecule has 0 fully saturated rings. The molecule has 2 heterocycles. The largest absolute Gasteiger partial charge is 0.392 e. The number of halogens is 1. The SMILES string of the molecule is OCc1ccc2nc(-c3ccn(-c4ccc(F)cc4)n3)ccc2c1. The molecule has 5 heteroatoms. The highest BCUT2D eigenvalue weighted by Gasteiger charge is 2.07. The van der Waals surface area contributed by atoms with Gasteiger partial charge in [-0.1, -0.05) is 12.1 Å². The summed E-state index contributed by atoms with van der Waals surface area (Å²) in [7, 11) is 0. The van der Waals surface area contributed by atoms with E-state index in [9.17, 15) is 9.50 Å². The second-order valence-corrected chi connectivity index (χ2v) is 5.50. The maximum atomic E-state index is 13.0. The predicted molar refractivity (Wildman–Crippen MR) is 90.2 cm³/mol. The van der Waals surface area contributed by atoms with Gasteiger partial charge in [0.2, 0.25) is 0 Å². The Labute approximate surface area is 137 Å². The number of aliphatic hydroxyl groups is 1. The van der Waals surface area contributed by atoms with Crippen molar-refractivity contribution in [1.82, 2.24) is 14.8 Å². The molecule has 0 radical (unpaired) electrons. The van der Waals surface area contributed by atoms with Crippen molar-refractivity contribution in [3.05, 3.63) is 78.2 Å². The summed E-state index contributed by atoms with van der Waals surface area (Å²) in [6, 6.07) is 17.6. The molecule has 0 spiro atoms. The molecule has 0 saturated heterocycles. The highest BCUT2D eigenvalue weighted by atomic mass is 19.1. The van der Waals surface area contributed by atoms with Crippen molar-refractivity contribution in [3.63, 3.8) is 0 Å². The summed E-state index contributed by atoms with van der Waals surface area (Å²) in [6.45, 7) is 0.0137. The minimum Gasteiger partial charge on any atom is -0.392 e. The smallest absolute Gasteiger partial charge is 0.123 e. The number of rotatable bonds is 3. The zero-order chi connectivity index (χ0) is 16.5. The van der Waals surface area contributed by atoms with E-state index < -0.39 is 0 Å². The van der Waals surface area contributed by atoms with Crippen LogP contribution in [-0.4, -0.2) is 19.9 Å². The lowest BCUT2D eigenvalue weighted by molar-refractivity contribution is 0.282. The first-order chi connectivity index (χ1) is 11.7. The molecular weight excluding hydrogens is 305 g/mol. The maximum Gasteiger partial charge on any atom is 0.123 e. The monoisotopic (exact) mass is 319 g/mol. The first-order valence-corrected chi connectivity index (χ1v) is 7.55. The molecule has 2 aromatic heterocycles. The first-order valence-electron chi connectivity index (χ1n) is 7.55. The van der Waals surface area contributed by atoms with Gasteiger partial charge < -0.3 is 5.11 Å². The van der Waals surface area contributed by atoms with E-state index in [-0.39, 0.29) is 12.4 Å². The fraction of sp³-hybridized carbons (Fsp3) is 0.0526. The standard InChI is InChI=1S/C19H14FN3O/c20-15-3-5-16(6-4-15)23-10-9-19(22-23)18-8-2-14-11-13(12-24)1-7-17(14)21-18/h1-11,24H,12H2. The molecule has 0 unspecified atom stereocenters. The van der Waals surface area contributed by atoms with Gasteiger partial charge >= 0.3 is 0 Å². The van der Waals surface area contributed by atoms with E-state index in [0.717, 1.165) is 33.5 Å². The third-order valence-electron chi connectivity index (χ3n) is 3.88. The second-order valence-electron chi connectivity index (χ2n) is 5.50. The van der Waals surface area contributed by atoms with E-state index >= 15 is 0 Å². The van der Waals surface area contributed by atoms with Crippen LogP contribution < -0.4 is 0 Å². The lowest BCUT2D eigenvalue weighted by Crippen LogP contribution is -1.95. The molecule has 4 rings (SSSR count). The Hall–Kier alpha value is -3.05.